The number of hydrogen-bond donors (Lipinski definition) is 1. The fourth-order valence-corrected chi connectivity index (χ4v) is 0.936. The Morgan fingerprint density at radius 2 is 2.15 bits per heavy atom. The molecule has 4 heteroatoms. The monoisotopic (exact) mass is 180 g/mol. The maximum atomic E-state index is 10.6. The number of aryl methyl sites for hydroxylation is 1. The van der Waals surface area contributed by atoms with Gasteiger partial charge < -0.3 is 4.42 Å². The van der Waals surface area contributed by atoms with Gasteiger partial charge in [-0.3, -0.25) is 4.98 Å². The minimum Gasteiger partial charge on any atom is -0.406 e. The lowest BCUT2D eigenvalue weighted by Gasteiger charge is -1.87. The Morgan fingerprint density at radius 1 is 1.46 bits per heavy atom. The smallest absolute Gasteiger partial charge is 0.406 e. The van der Waals surface area contributed by atoms with Crippen LogP contribution in [0.4, 0.5) is 0 Å². The third-order valence-corrected chi connectivity index (χ3v) is 1.41. The van der Waals surface area contributed by atoms with Gasteiger partial charge in [0.1, 0.15) is 0 Å². The number of hydrogen-bond acceptors (Lipinski definition) is 3. The number of rotatable bonds is 0. The normalized spacial score (nSPS) is 9.46. The van der Waals surface area contributed by atoms with Gasteiger partial charge >= 0.3 is 5.76 Å². The van der Waals surface area contributed by atoms with Gasteiger partial charge in [-0.15, -0.1) is 0 Å². The van der Waals surface area contributed by atoms with E-state index in [1.165, 1.54) is 0 Å². The van der Waals surface area contributed by atoms with E-state index >= 15 is 0 Å². The Bertz CT molecular complexity index is 442. The van der Waals surface area contributed by atoms with Crippen LogP contribution in [0.5, 0.6) is 0 Å². The second-order valence-electron chi connectivity index (χ2n) is 2.37. The average molecular weight is 180 g/mol. The molecule has 0 bridgehead atoms. The highest BCUT2D eigenvalue weighted by atomic mass is 16.4. The molecule has 0 fully saturated rings. The van der Waals surface area contributed by atoms with E-state index in [2.05, 4.69) is 9.97 Å². The number of pyridine rings is 1. The fourth-order valence-electron chi connectivity index (χ4n) is 0.936. The maximum absolute atomic E-state index is 10.6. The second kappa shape index (κ2) is 3.89. The predicted molar refractivity (Wildman–Crippen MR) is 50.7 cm³/mol. The Kier molecular flexibility index (Phi) is 2.84. The van der Waals surface area contributed by atoms with E-state index in [1.54, 1.807) is 12.3 Å². The minimum absolute atomic E-state index is 0.460. The molecule has 4 nitrogen and oxygen atoms in total. The topological polar surface area (TPSA) is 58.9 Å². The molecule has 0 atom stereocenters. The molecule has 2 heterocycles. The lowest BCUT2D eigenvalue weighted by Crippen LogP contribution is -1.93. The Labute approximate surface area is 75.6 Å². The highest BCUT2D eigenvalue weighted by Gasteiger charge is 1.99. The molecule has 0 saturated heterocycles. The number of aromatic nitrogens is 2. The summed E-state index contributed by atoms with van der Waals surface area (Å²) in [6.45, 7) is 5.89. The van der Waals surface area contributed by atoms with Crippen LogP contribution in [0.3, 0.4) is 0 Å². The maximum Gasteiger partial charge on any atom is 0.418 e. The first kappa shape index (κ1) is 9.51. The van der Waals surface area contributed by atoms with Crippen LogP contribution in [-0.4, -0.2) is 9.97 Å². The quantitative estimate of drug-likeness (QED) is 0.673. The van der Waals surface area contributed by atoms with E-state index < -0.39 is 5.76 Å². The molecule has 70 valence electrons. The van der Waals surface area contributed by atoms with Crippen LogP contribution >= 0.6 is 0 Å². The van der Waals surface area contributed by atoms with Gasteiger partial charge in [-0.05, 0) is 18.6 Å². The number of aromatic amines is 1. The van der Waals surface area contributed by atoms with Crippen molar-refractivity contribution < 1.29 is 4.42 Å². The summed E-state index contributed by atoms with van der Waals surface area (Å²) in [5, 5.41) is 0. The molecule has 0 aromatic carbocycles. The van der Waals surface area contributed by atoms with E-state index in [0.717, 1.165) is 5.56 Å². The largest absolute Gasteiger partial charge is 0.418 e. The molecule has 0 saturated carbocycles. The van der Waals surface area contributed by atoms with Crippen LogP contribution in [0.15, 0.2) is 21.5 Å². The van der Waals surface area contributed by atoms with E-state index in [9.17, 15) is 4.79 Å². The zero-order valence-corrected chi connectivity index (χ0v) is 7.92. The Morgan fingerprint density at radius 3 is 2.85 bits per heavy atom. The van der Waals surface area contributed by atoms with Crippen molar-refractivity contribution in [2.24, 2.45) is 0 Å². The number of H-pyrrole nitrogens is 1. The van der Waals surface area contributed by atoms with Gasteiger partial charge in [0.2, 0.25) is 0 Å². The van der Waals surface area contributed by atoms with Crippen molar-refractivity contribution in [3.8, 4) is 0 Å². The van der Waals surface area contributed by atoms with E-state index in [1.807, 2.05) is 20.8 Å². The summed E-state index contributed by atoms with van der Waals surface area (Å²) in [6, 6.07) is 1.76. The number of nitrogens with one attached hydrogen (secondary N) is 1. The number of oxazole rings is 1. The van der Waals surface area contributed by atoms with Crippen molar-refractivity contribution in [3.63, 3.8) is 0 Å². The van der Waals surface area contributed by atoms with Crippen molar-refractivity contribution in [2.45, 2.75) is 20.8 Å². The van der Waals surface area contributed by atoms with Gasteiger partial charge in [0.25, 0.3) is 0 Å². The standard InChI is InChI=1S/C7H6N2O2.C2H6/c1-4-2-5-6(8-3-4)9-7(10)11-5;1-2/h2-3H,1H3,(H,8,9,10);1-2H3. The Balaban J connectivity index is 0.000000396. The third-order valence-electron chi connectivity index (χ3n) is 1.41. The molecular weight excluding hydrogens is 168 g/mol. The van der Waals surface area contributed by atoms with Gasteiger partial charge in [0.15, 0.2) is 11.2 Å². The molecule has 0 spiro atoms. The first-order chi connectivity index (χ1) is 6.25. The summed E-state index contributed by atoms with van der Waals surface area (Å²) in [5.41, 5.74) is 1.98. The summed E-state index contributed by atoms with van der Waals surface area (Å²) in [6.07, 6.45) is 1.67. The lowest BCUT2D eigenvalue weighted by atomic mass is 10.3. The highest BCUT2D eigenvalue weighted by molar-refractivity contribution is 5.67. The molecule has 0 amide bonds. The second-order valence-corrected chi connectivity index (χ2v) is 2.37. The van der Waals surface area contributed by atoms with Crippen LogP contribution < -0.4 is 5.76 Å². The number of fused-ring (bicyclic) bond motifs is 1. The Hall–Kier alpha value is -1.58. The van der Waals surface area contributed by atoms with Crippen molar-refractivity contribution in [3.05, 3.63) is 28.4 Å². The molecule has 13 heavy (non-hydrogen) atoms. The van der Waals surface area contributed by atoms with E-state index in [4.69, 9.17) is 4.42 Å². The molecule has 0 aliphatic carbocycles. The molecule has 2 aromatic heterocycles. The zero-order chi connectivity index (χ0) is 9.84. The van der Waals surface area contributed by atoms with Gasteiger partial charge in [-0.1, -0.05) is 13.8 Å². The first-order valence-corrected chi connectivity index (χ1v) is 4.21. The first-order valence-electron chi connectivity index (χ1n) is 4.21. The van der Waals surface area contributed by atoms with Crippen LogP contribution in [0.25, 0.3) is 11.2 Å². The minimum atomic E-state index is -0.460. The summed E-state index contributed by atoms with van der Waals surface area (Å²) in [5.74, 6) is -0.460. The lowest BCUT2D eigenvalue weighted by molar-refractivity contribution is 0.555. The summed E-state index contributed by atoms with van der Waals surface area (Å²) < 4.78 is 4.78. The van der Waals surface area contributed by atoms with Crippen molar-refractivity contribution in [1.29, 1.82) is 0 Å². The molecule has 0 aliphatic heterocycles. The van der Waals surface area contributed by atoms with Gasteiger partial charge in [-0.2, -0.15) is 0 Å². The number of nitrogens with zero attached hydrogens (tertiary/aromatic N) is 1. The molecule has 1 N–H and O–H groups in total. The third kappa shape index (κ3) is 1.96. The van der Waals surface area contributed by atoms with E-state index in [-0.39, 0.29) is 0 Å². The summed E-state index contributed by atoms with van der Waals surface area (Å²) in [4.78, 5) is 17.0. The highest BCUT2D eigenvalue weighted by Crippen LogP contribution is 2.07. The van der Waals surface area contributed by atoms with E-state index in [0.29, 0.717) is 11.2 Å². The van der Waals surface area contributed by atoms with Gasteiger partial charge in [-0.25, -0.2) is 9.78 Å². The van der Waals surface area contributed by atoms with Crippen molar-refractivity contribution in [2.75, 3.05) is 0 Å². The van der Waals surface area contributed by atoms with Crippen LogP contribution in [0.2, 0.25) is 0 Å². The van der Waals surface area contributed by atoms with Crippen molar-refractivity contribution in [1.82, 2.24) is 9.97 Å². The van der Waals surface area contributed by atoms with Crippen molar-refractivity contribution >= 4 is 11.2 Å². The molecule has 2 aromatic rings. The van der Waals surface area contributed by atoms with Crippen LogP contribution in [0, 0.1) is 6.92 Å². The summed E-state index contributed by atoms with van der Waals surface area (Å²) >= 11 is 0. The van der Waals surface area contributed by atoms with Gasteiger partial charge in [0, 0.05) is 6.20 Å². The average Bonchev–Trinajstić information content (AvgIpc) is 2.48. The van der Waals surface area contributed by atoms with Crippen LogP contribution in [-0.2, 0) is 0 Å². The molecule has 2 rings (SSSR count). The molecule has 0 unspecified atom stereocenters. The zero-order valence-electron chi connectivity index (χ0n) is 7.92. The molecule has 0 aliphatic rings. The predicted octanol–water partition coefficient (Wildman–Crippen LogP) is 1.85. The molecular formula is C9H12N2O2. The summed E-state index contributed by atoms with van der Waals surface area (Å²) in [7, 11) is 0. The SMILES string of the molecule is CC.Cc1cnc2[nH]c(=O)oc2c1. The van der Waals surface area contributed by atoms with Gasteiger partial charge in [0.05, 0.1) is 0 Å². The fraction of sp³-hybridized carbons (Fsp3) is 0.333. The van der Waals surface area contributed by atoms with Crippen LogP contribution in [0.1, 0.15) is 19.4 Å². The molecule has 0 radical (unpaired) electrons.